The Balaban J connectivity index is 2.35. The zero-order chi connectivity index (χ0) is 11.5. The molecule has 0 aliphatic carbocycles. The van der Waals surface area contributed by atoms with Crippen molar-refractivity contribution < 1.29 is 14.2 Å². The van der Waals surface area contributed by atoms with Gasteiger partial charge in [-0.25, -0.2) is 9.37 Å². The zero-order valence-electron chi connectivity index (χ0n) is 8.51. The average molecular weight is 220 g/mol. The average Bonchev–Trinajstić information content (AvgIpc) is 2.28. The molecular formula is C11H9FN2O2. The molecule has 0 spiro atoms. The summed E-state index contributed by atoms with van der Waals surface area (Å²) >= 11 is 0. The predicted molar refractivity (Wildman–Crippen MR) is 54.9 cm³/mol. The highest BCUT2D eigenvalue weighted by atomic mass is 19.1. The molecule has 0 fully saturated rings. The van der Waals surface area contributed by atoms with Crippen molar-refractivity contribution in [3.8, 4) is 17.4 Å². The molecule has 16 heavy (non-hydrogen) atoms. The van der Waals surface area contributed by atoms with Crippen molar-refractivity contribution >= 4 is 0 Å². The van der Waals surface area contributed by atoms with Gasteiger partial charge in [0.1, 0.15) is 6.33 Å². The van der Waals surface area contributed by atoms with E-state index in [0.717, 1.165) is 0 Å². The molecule has 1 aromatic carbocycles. The van der Waals surface area contributed by atoms with E-state index in [1.807, 2.05) is 0 Å². The molecule has 1 N–H and O–H groups in total. The van der Waals surface area contributed by atoms with E-state index in [1.165, 1.54) is 18.5 Å². The standard InChI is InChI=1S/C11H9FN2O2/c1-7-10(15)11(14-6-13-7)16-9-5-3-2-4-8(9)12/h2-6,15H,1H3. The number of benzene rings is 1. The highest BCUT2D eigenvalue weighted by Gasteiger charge is 2.11. The highest BCUT2D eigenvalue weighted by molar-refractivity contribution is 5.38. The number of hydrogen-bond donors (Lipinski definition) is 1. The smallest absolute Gasteiger partial charge is 0.265 e. The van der Waals surface area contributed by atoms with Crippen molar-refractivity contribution in [2.75, 3.05) is 0 Å². The van der Waals surface area contributed by atoms with Crippen LogP contribution in [0.5, 0.6) is 17.4 Å². The fourth-order valence-electron chi connectivity index (χ4n) is 1.15. The maximum Gasteiger partial charge on any atom is 0.265 e. The van der Waals surface area contributed by atoms with Gasteiger partial charge in [-0.05, 0) is 19.1 Å². The second kappa shape index (κ2) is 4.14. The van der Waals surface area contributed by atoms with Crippen LogP contribution in [0.15, 0.2) is 30.6 Å². The number of ether oxygens (including phenoxy) is 1. The quantitative estimate of drug-likeness (QED) is 0.844. The topological polar surface area (TPSA) is 55.2 Å². The summed E-state index contributed by atoms with van der Waals surface area (Å²) in [6.45, 7) is 1.60. The van der Waals surface area contributed by atoms with Crippen molar-refractivity contribution in [1.29, 1.82) is 0 Å². The minimum Gasteiger partial charge on any atom is -0.502 e. The lowest BCUT2D eigenvalue weighted by Crippen LogP contribution is -1.93. The van der Waals surface area contributed by atoms with E-state index >= 15 is 0 Å². The minimum absolute atomic E-state index is 0.0101. The molecule has 2 aromatic rings. The number of rotatable bonds is 2. The summed E-state index contributed by atoms with van der Waals surface area (Å²) in [6, 6.07) is 5.89. The summed E-state index contributed by atoms with van der Waals surface area (Å²) in [5.41, 5.74) is 0.376. The van der Waals surface area contributed by atoms with Gasteiger partial charge >= 0.3 is 0 Å². The lowest BCUT2D eigenvalue weighted by molar-refractivity contribution is 0.377. The van der Waals surface area contributed by atoms with Gasteiger partial charge in [0, 0.05) is 0 Å². The van der Waals surface area contributed by atoms with Gasteiger partial charge < -0.3 is 9.84 Å². The normalized spacial score (nSPS) is 10.1. The monoisotopic (exact) mass is 220 g/mol. The van der Waals surface area contributed by atoms with Crippen molar-refractivity contribution in [1.82, 2.24) is 9.97 Å². The van der Waals surface area contributed by atoms with Crippen molar-refractivity contribution in [2.24, 2.45) is 0 Å². The van der Waals surface area contributed by atoms with Crippen LogP contribution in [0.2, 0.25) is 0 Å². The molecule has 0 unspecified atom stereocenters. The molecule has 0 saturated carbocycles. The van der Waals surface area contributed by atoms with E-state index < -0.39 is 5.82 Å². The molecule has 1 heterocycles. The summed E-state index contributed by atoms with van der Waals surface area (Å²) in [5.74, 6) is -0.752. The Morgan fingerprint density at radius 3 is 2.75 bits per heavy atom. The number of para-hydroxylation sites is 1. The fraction of sp³-hybridized carbons (Fsp3) is 0.0909. The third-order valence-electron chi connectivity index (χ3n) is 2.01. The number of aromatic nitrogens is 2. The first kappa shape index (κ1) is 10.4. The summed E-state index contributed by atoms with van der Waals surface area (Å²) in [7, 11) is 0. The fourth-order valence-corrected chi connectivity index (χ4v) is 1.15. The van der Waals surface area contributed by atoms with Crippen LogP contribution in [-0.4, -0.2) is 15.1 Å². The van der Waals surface area contributed by atoms with E-state index in [0.29, 0.717) is 5.69 Å². The molecule has 2 rings (SSSR count). The van der Waals surface area contributed by atoms with Crippen molar-refractivity contribution in [3.05, 3.63) is 42.1 Å². The van der Waals surface area contributed by atoms with Crippen LogP contribution in [0.1, 0.15) is 5.69 Å². The van der Waals surface area contributed by atoms with E-state index in [9.17, 15) is 9.50 Å². The molecule has 0 bridgehead atoms. The van der Waals surface area contributed by atoms with Crippen LogP contribution < -0.4 is 4.74 Å². The van der Waals surface area contributed by atoms with E-state index in [4.69, 9.17) is 4.74 Å². The summed E-state index contributed by atoms with van der Waals surface area (Å²) in [6.07, 6.45) is 1.24. The Kier molecular flexibility index (Phi) is 2.68. The van der Waals surface area contributed by atoms with Gasteiger partial charge in [0.05, 0.1) is 5.69 Å². The predicted octanol–water partition coefficient (Wildman–Crippen LogP) is 2.42. The maximum absolute atomic E-state index is 13.3. The highest BCUT2D eigenvalue weighted by Crippen LogP contribution is 2.30. The van der Waals surface area contributed by atoms with Crippen LogP contribution in [-0.2, 0) is 0 Å². The van der Waals surface area contributed by atoms with Gasteiger partial charge in [-0.15, -0.1) is 0 Å². The lowest BCUT2D eigenvalue weighted by Gasteiger charge is -2.07. The summed E-state index contributed by atoms with van der Waals surface area (Å²) in [5, 5.41) is 9.58. The third-order valence-corrected chi connectivity index (χ3v) is 2.01. The van der Waals surface area contributed by atoms with Gasteiger partial charge in [-0.2, -0.15) is 4.98 Å². The number of hydrogen-bond acceptors (Lipinski definition) is 4. The zero-order valence-corrected chi connectivity index (χ0v) is 8.51. The second-order valence-corrected chi connectivity index (χ2v) is 3.15. The van der Waals surface area contributed by atoms with Gasteiger partial charge in [0.2, 0.25) is 5.75 Å². The Bertz CT molecular complexity index is 517. The van der Waals surface area contributed by atoms with E-state index in [-0.39, 0.29) is 17.4 Å². The molecule has 0 aliphatic rings. The second-order valence-electron chi connectivity index (χ2n) is 3.15. The Morgan fingerprint density at radius 1 is 1.25 bits per heavy atom. The molecule has 4 nitrogen and oxygen atoms in total. The van der Waals surface area contributed by atoms with E-state index in [1.54, 1.807) is 19.1 Å². The third kappa shape index (κ3) is 1.93. The van der Waals surface area contributed by atoms with Crippen LogP contribution >= 0.6 is 0 Å². The van der Waals surface area contributed by atoms with E-state index in [2.05, 4.69) is 9.97 Å². The first-order valence-electron chi connectivity index (χ1n) is 4.61. The summed E-state index contributed by atoms with van der Waals surface area (Å²) < 4.78 is 18.4. The Hall–Kier alpha value is -2.17. The van der Waals surface area contributed by atoms with Crippen LogP contribution in [0, 0.1) is 12.7 Å². The molecular weight excluding hydrogens is 211 g/mol. The number of aromatic hydroxyl groups is 1. The molecule has 82 valence electrons. The molecule has 1 aromatic heterocycles. The molecule has 0 aliphatic heterocycles. The number of nitrogens with zero attached hydrogens (tertiary/aromatic N) is 2. The SMILES string of the molecule is Cc1ncnc(Oc2ccccc2F)c1O. The molecule has 0 atom stereocenters. The first-order valence-corrected chi connectivity index (χ1v) is 4.61. The van der Waals surface area contributed by atoms with Gasteiger partial charge in [0.25, 0.3) is 5.88 Å². The van der Waals surface area contributed by atoms with Crippen molar-refractivity contribution in [3.63, 3.8) is 0 Å². The molecule has 0 saturated heterocycles. The number of aryl methyl sites for hydroxylation is 1. The number of halogens is 1. The van der Waals surface area contributed by atoms with Crippen LogP contribution in [0.25, 0.3) is 0 Å². The maximum atomic E-state index is 13.3. The van der Waals surface area contributed by atoms with Crippen LogP contribution in [0.3, 0.4) is 0 Å². The minimum atomic E-state index is -0.516. The Morgan fingerprint density at radius 2 is 2.00 bits per heavy atom. The first-order chi connectivity index (χ1) is 7.68. The Labute approximate surface area is 91.4 Å². The molecule has 0 radical (unpaired) electrons. The van der Waals surface area contributed by atoms with Gasteiger partial charge in [-0.3, -0.25) is 0 Å². The van der Waals surface area contributed by atoms with Crippen molar-refractivity contribution in [2.45, 2.75) is 6.92 Å². The van der Waals surface area contributed by atoms with Crippen LogP contribution in [0.4, 0.5) is 4.39 Å². The lowest BCUT2D eigenvalue weighted by atomic mass is 10.3. The molecule has 5 heteroatoms. The summed E-state index contributed by atoms with van der Waals surface area (Å²) in [4.78, 5) is 7.49. The largest absolute Gasteiger partial charge is 0.502 e. The van der Waals surface area contributed by atoms with Gasteiger partial charge in [-0.1, -0.05) is 12.1 Å². The van der Waals surface area contributed by atoms with Gasteiger partial charge in [0.15, 0.2) is 11.6 Å². The molecule has 0 amide bonds.